The maximum Gasteiger partial charge on any atom is 0.107 e. The van der Waals surface area contributed by atoms with Gasteiger partial charge in [-0.15, -0.1) is 0 Å². The molecule has 1 rings (SSSR count). The van der Waals surface area contributed by atoms with Gasteiger partial charge in [-0.2, -0.15) is 0 Å². The van der Waals surface area contributed by atoms with Crippen molar-refractivity contribution in [2.24, 2.45) is 11.7 Å². The molecule has 74 valence electrons. The molecule has 3 heteroatoms. The monoisotopic (exact) mass is 181 g/mol. The summed E-state index contributed by atoms with van der Waals surface area (Å²) in [6.45, 7) is 4.40. The van der Waals surface area contributed by atoms with Crippen molar-refractivity contribution in [2.75, 3.05) is 0 Å². The Morgan fingerprint density at radius 2 is 2.38 bits per heavy atom. The van der Waals surface area contributed by atoms with Crippen LogP contribution >= 0.6 is 0 Å². The molecule has 0 radical (unpaired) electrons. The van der Waals surface area contributed by atoms with Gasteiger partial charge in [0.25, 0.3) is 0 Å². The largest absolute Gasteiger partial charge is 0.349 e. The second-order valence-electron chi connectivity index (χ2n) is 3.67. The molecule has 0 saturated carbocycles. The molecule has 1 aromatic heterocycles. The first-order valence-corrected chi connectivity index (χ1v) is 4.97. The lowest BCUT2D eigenvalue weighted by Crippen LogP contribution is -2.30. The summed E-state index contributed by atoms with van der Waals surface area (Å²) in [6.07, 6.45) is 6.86. The number of rotatable bonds is 5. The number of nitrogens with two attached hydrogens (primary N) is 1. The van der Waals surface area contributed by atoms with Gasteiger partial charge in [0.15, 0.2) is 0 Å². The molecule has 0 spiro atoms. The van der Waals surface area contributed by atoms with Crippen LogP contribution in [0.25, 0.3) is 0 Å². The minimum absolute atomic E-state index is 0.228. The lowest BCUT2D eigenvalue weighted by molar-refractivity contribution is 0.415. The van der Waals surface area contributed by atoms with Gasteiger partial charge >= 0.3 is 0 Å². The first kappa shape index (κ1) is 10.3. The van der Waals surface area contributed by atoms with E-state index >= 15 is 0 Å². The SMILES string of the molecule is CCCC(C)C(N)Cc1ncc[nH]1. The number of imidazole rings is 1. The van der Waals surface area contributed by atoms with Gasteiger partial charge < -0.3 is 10.7 Å². The predicted molar refractivity (Wildman–Crippen MR) is 54.3 cm³/mol. The van der Waals surface area contributed by atoms with Crippen molar-refractivity contribution in [1.82, 2.24) is 9.97 Å². The van der Waals surface area contributed by atoms with E-state index in [0.29, 0.717) is 5.92 Å². The second kappa shape index (κ2) is 5.02. The average molecular weight is 181 g/mol. The van der Waals surface area contributed by atoms with E-state index in [0.717, 1.165) is 12.2 Å². The summed E-state index contributed by atoms with van der Waals surface area (Å²) in [7, 11) is 0. The molecule has 0 aliphatic carbocycles. The van der Waals surface area contributed by atoms with E-state index in [1.165, 1.54) is 12.8 Å². The Bertz CT molecular complexity index is 218. The van der Waals surface area contributed by atoms with Crippen molar-refractivity contribution in [1.29, 1.82) is 0 Å². The average Bonchev–Trinajstić information content (AvgIpc) is 2.57. The van der Waals surface area contributed by atoms with E-state index < -0.39 is 0 Å². The van der Waals surface area contributed by atoms with Crippen LogP contribution < -0.4 is 5.73 Å². The fourth-order valence-electron chi connectivity index (χ4n) is 1.50. The van der Waals surface area contributed by atoms with Gasteiger partial charge in [-0.25, -0.2) is 4.98 Å². The van der Waals surface area contributed by atoms with Gasteiger partial charge in [0, 0.05) is 24.9 Å². The summed E-state index contributed by atoms with van der Waals surface area (Å²) in [5.41, 5.74) is 6.03. The smallest absolute Gasteiger partial charge is 0.107 e. The number of hydrogen-bond donors (Lipinski definition) is 2. The molecule has 1 heterocycles. The van der Waals surface area contributed by atoms with Crippen LogP contribution in [0.4, 0.5) is 0 Å². The number of H-pyrrole nitrogens is 1. The Morgan fingerprint density at radius 3 is 2.92 bits per heavy atom. The number of nitrogens with zero attached hydrogens (tertiary/aromatic N) is 1. The lowest BCUT2D eigenvalue weighted by Gasteiger charge is -2.17. The number of aromatic nitrogens is 2. The highest BCUT2D eigenvalue weighted by atomic mass is 14.9. The van der Waals surface area contributed by atoms with Crippen molar-refractivity contribution in [2.45, 2.75) is 39.2 Å². The van der Waals surface area contributed by atoms with Crippen LogP contribution in [-0.2, 0) is 6.42 Å². The molecule has 0 aliphatic heterocycles. The third-order valence-electron chi connectivity index (χ3n) is 2.46. The van der Waals surface area contributed by atoms with Crippen LogP contribution in [0.1, 0.15) is 32.5 Å². The molecule has 13 heavy (non-hydrogen) atoms. The minimum Gasteiger partial charge on any atom is -0.349 e. The highest BCUT2D eigenvalue weighted by Crippen LogP contribution is 2.11. The van der Waals surface area contributed by atoms with Crippen LogP contribution in [0, 0.1) is 5.92 Å². The Labute approximate surface area is 79.8 Å². The highest BCUT2D eigenvalue weighted by molar-refractivity contribution is 4.91. The van der Waals surface area contributed by atoms with Crippen molar-refractivity contribution in [3.05, 3.63) is 18.2 Å². The van der Waals surface area contributed by atoms with E-state index in [1.54, 1.807) is 6.20 Å². The van der Waals surface area contributed by atoms with Crippen molar-refractivity contribution in [3.8, 4) is 0 Å². The zero-order chi connectivity index (χ0) is 9.68. The molecule has 0 bridgehead atoms. The first-order valence-electron chi connectivity index (χ1n) is 4.97. The van der Waals surface area contributed by atoms with E-state index in [-0.39, 0.29) is 6.04 Å². The molecule has 0 fully saturated rings. The molecular weight excluding hydrogens is 162 g/mol. The van der Waals surface area contributed by atoms with Gasteiger partial charge in [-0.3, -0.25) is 0 Å². The molecule has 2 atom stereocenters. The van der Waals surface area contributed by atoms with Crippen LogP contribution in [0.2, 0.25) is 0 Å². The van der Waals surface area contributed by atoms with Crippen molar-refractivity contribution < 1.29 is 0 Å². The maximum atomic E-state index is 6.03. The summed E-state index contributed by atoms with van der Waals surface area (Å²) < 4.78 is 0. The summed E-state index contributed by atoms with van der Waals surface area (Å²) in [5, 5.41) is 0. The molecule has 0 aliphatic rings. The summed E-state index contributed by atoms with van der Waals surface area (Å²) in [5.74, 6) is 1.57. The lowest BCUT2D eigenvalue weighted by atomic mass is 9.95. The molecule has 0 aromatic carbocycles. The van der Waals surface area contributed by atoms with E-state index in [2.05, 4.69) is 23.8 Å². The molecular formula is C10H19N3. The summed E-state index contributed by atoms with van der Waals surface area (Å²) in [6, 6.07) is 0.228. The minimum atomic E-state index is 0.228. The molecule has 2 unspecified atom stereocenters. The summed E-state index contributed by atoms with van der Waals surface area (Å²) >= 11 is 0. The second-order valence-corrected chi connectivity index (χ2v) is 3.67. The van der Waals surface area contributed by atoms with Gasteiger partial charge in [-0.1, -0.05) is 20.3 Å². The molecule has 0 saturated heterocycles. The zero-order valence-corrected chi connectivity index (χ0v) is 8.46. The standard InChI is InChI=1S/C10H19N3/c1-3-4-8(2)9(11)7-10-12-5-6-13-10/h5-6,8-9H,3-4,7,11H2,1-2H3,(H,12,13). The third kappa shape index (κ3) is 3.19. The molecule has 1 aromatic rings. The third-order valence-corrected chi connectivity index (χ3v) is 2.46. The quantitative estimate of drug-likeness (QED) is 0.726. The molecule has 3 N–H and O–H groups in total. The fraction of sp³-hybridized carbons (Fsp3) is 0.700. The Hall–Kier alpha value is -0.830. The Kier molecular flexibility index (Phi) is 3.96. The van der Waals surface area contributed by atoms with Crippen LogP contribution in [0.5, 0.6) is 0 Å². The molecule has 0 amide bonds. The van der Waals surface area contributed by atoms with Crippen LogP contribution in [-0.4, -0.2) is 16.0 Å². The van der Waals surface area contributed by atoms with Crippen LogP contribution in [0.15, 0.2) is 12.4 Å². The summed E-state index contributed by atoms with van der Waals surface area (Å²) in [4.78, 5) is 7.24. The number of aromatic amines is 1. The van der Waals surface area contributed by atoms with Crippen LogP contribution in [0.3, 0.4) is 0 Å². The molecule has 3 nitrogen and oxygen atoms in total. The van der Waals surface area contributed by atoms with Gasteiger partial charge in [0.05, 0.1) is 0 Å². The van der Waals surface area contributed by atoms with Gasteiger partial charge in [0.1, 0.15) is 5.82 Å². The zero-order valence-electron chi connectivity index (χ0n) is 8.46. The highest BCUT2D eigenvalue weighted by Gasteiger charge is 2.13. The maximum absolute atomic E-state index is 6.03. The topological polar surface area (TPSA) is 54.7 Å². The number of hydrogen-bond acceptors (Lipinski definition) is 2. The first-order chi connectivity index (χ1) is 6.24. The van der Waals surface area contributed by atoms with Gasteiger partial charge in [0.2, 0.25) is 0 Å². The predicted octanol–water partition coefficient (Wildman–Crippen LogP) is 1.72. The van der Waals surface area contributed by atoms with E-state index in [1.807, 2.05) is 6.20 Å². The normalized spacial score (nSPS) is 15.6. The number of nitrogens with one attached hydrogen (secondary N) is 1. The van der Waals surface area contributed by atoms with Crippen molar-refractivity contribution >= 4 is 0 Å². The Morgan fingerprint density at radius 1 is 1.62 bits per heavy atom. The van der Waals surface area contributed by atoms with Crippen molar-refractivity contribution in [3.63, 3.8) is 0 Å². The van der Waals surface area contributed by atoms with E-state index in [4.69, 9.17) is 5.73 Å². The fourth-order valence-corrected chi connectivity index (χ4v) is 1.50. The Balaban J connectivity index is 2.36. The van der Waals surface area contributed by atoms with E-state index in [9.17, 15) is 0 Å². The van der Waals surface area contributed by atoms with Gasteiger partial charge in [-0.05, 0) is 12.3 Å².